The number of aryl methyl sites for hydroxylation is 1. The quantitative estimate of drug-likeness (QED) is 0.669. The Labute approximate surface area is 164 Å². The molecular weight excluding hydrogens is 402 g/mol. The molecule has 2 fully saturated rings. The van der Waals surface area contributed by atoms with Gasteiger partial charge in [-0.05, 0) is 30.7 Å². The van der Waals surface area contributed by atoms with Crippen molar-refractivity contribution in [2.24, 2.45) is 5.41 Å². The number of amides is 1. The van der Waals surface area contributed by atoms with Crippen LogP contribution in [-0.2, 0) is 11.3 Å². The first-order valence-corrected chi connectivity index (χ1v) is 9.25. The number of hydrogen-bond acceptors (Lipinski definition) is 3. The van der Waals surface area contributed by atoms with Crippen molar-refractivity contribution in [1.82, 2.24) is 9.80 Å². The predicted octanol–water partition coefficient (Wildman–Crippen LogP) is 4.52. The summed E-state index contributed by atoms with van der Waals surface area (Å²) in [6.07, 6.45) is -16.0. The number of piperidine rings is 1. The number of carbonyl (C=O) groups is 1. The van der Waals surface area contributed by atoms with E-state index in [1.165, 1.54) is 11.1 Å². The molecule has 2 aliphatic rings. The third kappa shape index (κ3) is 5.15. The maximum absolute atomic E-state index is 12.6. The fraction of sp³-hybridized carbons (Fsp3) is 0.632. The summed E-state index contributed by atoms with van der Waals surface area (Å²) in [5, 5.41) is 0. The fourth-order valence-corrected chi connectivity index (χ4v) is 4.06. The lowest BCUT2D eigenvalue weighted by atomic mass is 9.72. The van der Waals surface area contributed by atoms with Gasteiger partial charge in [-0.15, -0.1) is 0 Å². The van der Waals surface area contributed by atoms with Gasteiger partial charge >= 0.3 is 18.4 Å². The maximum Gasteiger partial charge on any atom is 0.434 e. The minimum absolute atomic E-state index is 0.0476. The molecular formula is C19H22F6N2O2. The number of halogens is 6. The molecule has 0 aromatic heterocycles. The van der Waals surface area contributed by atoms with Crippen LogP contribution in [0.5, 0.6) is 0 Å². The molecule has 4 nitrogen and oxygen atoms in total. The lowest BCUT2D eigenvalue weighted by Gasteiger charge is -2.54. The highest BCUT2D eigenvalue weighted by Crippen LogP contribution is 2.42. The van der Waals surface area contributed by atoms with Gasteiger partial charge in [0.05, 0.1) is 0 Å². The van der Waals surface area contributed by atoms with E-state index < -0.39 is 24.5 Å². The van der Waals surface area contributed by atoms with Crippen LogP contribution in [0.1, 0.15) is 24.0 Å². The number of alkyl halides is 6. The zero-order chi connectivity index (χ0) is 21.4. The van der Waals surface area contributed by atoms with Crippen molar-refractivity contribution in [2.45, 2.75) is 44.8 Å². The highest BCUT2D eigenvalue weighted by Gasteiger charge is 2.60. The number of rotatable bonds is 3. The largest absolute Gasteiger partial charge is 0.434 e. The molecule has 1 amide bonds. The number of nitrogens with zero attached hydrogens (tertiary/aromatic N) is 2. The summed E-state index contributed by atoms with van der Waals surface area (Å²) in [6, 6.07) is 8.13. The zero-order valence-electron chi connectivity index (χ0n) is 15.8. The molecule has 162 valence electrons. The van der Waals surface area contributed by atoms with Crippen LogP contribution in [0, 0.1) is 12.3 Å². The summed E-state index contributed by atoms with van der Waals surface area (Å²) in [4.78, 5) is 15.0. The van der Waals surface area contributed by atoms with Gasteiger partial charge in [-0.1, -0.05) is 29.8 Å². The summed E-state index contributed by atoms with van der Waals surface area (Å²) in [5.74, 6) is 0. The van der Waals surface area contributed by atoms with Gasteiger partial charge in [0.2, 0.25) is 0 Å². The van der Waals surface area contributed by atoms with E-state index in [-0.39, 0.29) is 18.5 Å². The molecule has 0 N–H and O–H groups in total. The van der Waals surface area contributed by atoms with E-state index >= 15 is 0 Å². The normalized spacial score (nSPS) is 20.1. The van der Waals surface area contributed by atoms with Gasteiger partial charge in [-0.25, -0.2) is 4.79 Å². The Hall–Kier alpha value is -1.97. The molecule has 0 unspecified atom stereocenters. The Bertz CT molecular complexity index is 719. The van der Waals surface area contributed by atoms with Crippen molar-refractivity contribution in [2.75, 3.05) is 26.2 Å². The van der Waals surface area contributed by atoms with E-state index in [2.05, 4.69) is 15.7 Å². The van der Waals surface area contributed by atoms with Crippen LogP contribution in [0.3, 0.4) is 0 Å². The van der Waals surface area contributed by atoms with E-state index in [0.717, 1.165) is 24.5 Å². The molecule has 2 heterocycles. The standard InChI is InChI=1S/C19H22F6N2O2/c1-13-3-2-4-14(9-13)10-26-11-17(12-26)5-7-27(8-6-17)16(28)29-15(18(20,21)22)19(23,24)25/h2-4,9,15H,5-8,10-12H2,1H3. The van der Waals surface area contributed by atoms with Crippen LogP contribution in [0.25, 0.3) is 0 Å². The fourth-order valence-electron chi connectivity index (χ4n) is 4.06. The molecule has 2 aliphatic heterocycles. The summed E-state index contributed by atoms with van der Waals surface area (Å²) in [5.41, 5.74) is 2.31. The van der Waals surface area contributed by atoms with E-state index in [9.17, 15) is 31.1 Å². The average molecular weight is 424 g/mol. The molecule has 29 heavy (non-hydrogen) atoms. The Morgan fingerprint density at radius 2 is 1.69 bits per heavy atom. The second-order valence-corrected chi connectivity index (χ2v) is 7.97. The van der Waals surface area contributed by atoms with Gasteiger partial charge in [0.25, 0.3) is 6.10 Å². The average Bonchev–Trinajstić information content (AvgIpc) is 2.57. The van der Waals surface area contributed by atoms with Crippen LogP contribution in [0.15, 0.2) is 24.3 Å². The van der Waals surface area contributed by atoms with Gasteiger partial charge in [0.1, 0.15) is 0 Å². The molecule has 0 saturated carbocycles. The molecule has 0 atom stereocenters. The molecule has 10 heteroatoms. The molecule has 0 radical (unpaired) electrons. The lowest BCUT2D eigenvalue weighted by Crippen LogP contribution is -2.60. The highest BCUT2D eigenvalue weighted by molar-refractivity contribution is 5.68. The lowest BCUT2D eigenvalue weighted by molar-refractivity contribution is -0.308. The van der Waals surface area contributed by atoms with Crippen LogP contribution in [0.4, 0.5) is 31.1 Å². The molecule has 0 aliphatic carbocycles. The molecule has 0 bridgehead atoms. The molecule has 1 aromatic carbocycles. The van der Waals surface area contributed by atoms with Gasteiger partial charge in [-0.2, -0.15) is 26.3 Å². The topological polar surface area (TPSA) is 32.8 Å². The van der Waals surface area contributed by atoms with Gasteiger partial charge in [0, 0.05) is 32.7 Å². The van der Waals surface area contributed by atoms with Gasteiger partial charge in [0.15, 0.2) is 0 Å². The second kappa shape index (κ2) is 7.70. The number of ether oxygens (including phenoxy) is 1. The third-order valence-corrected chi connectivity index (χ3v) is 5.50. The van der Waals surface area contributed by atoms with Crippen LogP contribution in [-0.4, -0.2) is 60.5 Å². The third-order valence-electron chi connectivity index (χ3n) is 5.50. The monoisotopic (exact) mass is 424 g/mol. The van der Waals surface area contributed by atoms with Crippen molar-refractivity contribution in [3.05, 3.63) is 35.4 Å². The summed E-state index contributed by atoms with van der Waals surface area (Å²) >= 11 is 0. The van der Waals surface area contributed by atoms with Crippen LogP contribution < -0.4 is 0 Å². The van der Waals surface area contributed by atoms with Crippen LogP contribution in [0.2, 0.25) is 0 Å². The maximum atomic E-state index is 12.6. The number of benzene rings is 1. The van der Waals surface area contributed by atoms with Crippen molar-refractivity contribution in [3.63, 3.8) is 0 Å². The van der Waals surface area contributed by atoms with Crippen molar-refractivity contribution in [1.29, 1.82) is 0 Å². The minimum Gasteiger partial charge on any atom is -0.426 e. The minimum atomic E-state index is -5.70. The van der Waals surface area contributed by atoms with Crippen molar-refractivity contribution >= 4 is 6.09 Å². The van der Waals surface area contributed by atoms with Crippen LogP contribution >= 0.6 is 0 Å². The molecule has 1 aromatic rings. The Balaban J connectivity index is 1.49. The Kier molecular flexibility index (Phi) is 5.77. The SMILES string of the molecule is Cc1cccc(CN2CC3(CCN(C(=O)OC(C(F)(F)F)C(F)(F)F)CC3)C2)c1. The summed E-state index contributed by atoms with van der Waals surface area (Å²) < 4.78 is 79.1. The number of likely N-dealkylation sites (tertiary alicyclic amines) is 2. The summed E-state index contributed by atoms with van der Waals surface area (Å²) in [7, 11) is 0. The first-order valence-electron chi connectivity index (χ1n) is 9.25. The van der Waals surface area contributed by atoms with E-state index in [1.807, 2.05) is 25.1 Å². The number of carbonyl (C=O) groups excluding carboxylic acids is 1. The Morgan fingerprint density at radius 1 is 1.10 bits per heavy atom. The molecule has 3 rings (SSSR count). The van der Waals surface area contributed by atoms with Crippen molar-refractivity contribution < 1.29 is 35.9 Å². The van der Waals surface area contributed by atoms with E-state index in [0.29, 0.717) is 12.8 Å². The van der Waals surface area contributed by atoms with Gasteiger partial charge in [-0.3, -0.25) is 4.90 Å². The Morgan fingerprint density at radius 3 is 2.21 bits per heavy atom. The smallest absolute Gasteiger partial charge is 0.426 e. The van der Waals surface area contributed by atoms with E-state index in [1.54, 1.807) is 0 Å². The summed E-state index contributed by atoms with van der Waals surface area (Å²) in [6.45, 7) is 4.54. The first-order chi connectivity index (χ1) is 13.4. The molecule has 1 spiro atoms. The highest BCUT2D eigenvalue weighted by atomic mass is 19.4. The van der Waals surface area contributed by atoms with E-state index in [4.69, 9.17) is 0 Å². The van der Waals surface area contributed by atoms with Crippen molar-refractivity contribution in [3.8, 4) is 0 Å². The zero-order valence-corrected chi connectivity index (χ0v) is 15.8. The first kappa shape index (κ1) is 21.7. The predicted molar refractivity (Wildman–Crippen MR) is 92.1 cm³/mol. The van der Waals surface area contributed by atoms with Gasteiger partial charge < -0.3 is 9.64 Å². The number of hydrogen-bond donors (Lipinski definition) is 0. The second-order valence-electron chi connectivity index (χ2n) is 7.97. The molecule has 2 saturated heterocycles.